The summed E-state index contributed by atoms with van der Waals surface area (Å²) in [6, 6.07) is 11.9. The van der Waals surface area contributed by atoms with Crippen LogP contribution in [0, 0.1) is 6.92 Å². The van der Waals surface area contributed by atoms with E-state index < -0.39 is 0 Å². The summed E-state index contributed by atoms with van der Waals surface area (Å²) in [6.45, 7) is 3.28. The van der Waals surface area contributed by atoms with E-state index in [4.69, 9.17) is 4.52 Å². The average molecular weight is 334 g/mol. The Morgan fingerprint density at radius 1 is 1.16 bits per heavy atom. The van der Waals surface area contributed by atoms with E-state index in [1.54, 1.807) is 12.4 Å². The van der Waals surface area contributed by atoms with Gasteiger partial charge in [-0.2, -0.15) is 4.98 Å². The zero-order chi connectivity index (χ0) is 17.2. The van der Waals surface area contributed by atoms with Crippen molar-refractivity contribution in [2.45, 2.75) is 25.8 Å². The number of hydrogen-bond donors (Lipinski definition) is 0. The lowest BCUT2D eigenvalue weighted by atomic mass is 10.1. The Balaban J connectivity index is 1.47. The number of amides is 1. The van der Waals surface area contributed by atoms with Gasteiger partial charge in [0.05, 0.1) is 0 Å². The summed E-state index contributed by atoms with van der Waals surface area (Å²) in [6.07, 6.45) is 3.78. The molecule has 1 aliphatic heterocycles. The molecular formula is C19H18N4O2. The van der Waals surface area contributed by atoms with Gasteiger partial charge in [0.15, 0.2) is 5.82 Å². The fourth-order valence-corrected chi connectivity index (χ4v) is 3.02. The number of aryl methyl sites for hydroxylation is 1. The maximum Gasteiger partial charge on any atom is 0.258 e. The van der Waals surface area contributed by atoms with Crippen LogP contribution in [0.5, 0.6) is 0 Å². The van der Waals surface area contributed by atoms with Crippen molar-refractivity contribution in [2.75, 3.05) is 6.54 Å². The van der Waals surface area contributed by atoms with Crippen LogP contribution in [0.4, 0.5) is 0 Å². The molecule has 2 aromatic heterocycles. The van der Waals surface area contributed by atoms with E-state index in [1.165, 1.54) is 5.56 Å². The van der Waals surface area contributed by atoms with Crippen LogP contribution in [0.3, 0.4) is 0 Å². The Morgan fingerprint density at radius 2 is 1.92 bits per heavy atom. The van der Waals surface area contributed by atoms with Gasteiger partial charge in [0.1, 0.15) is 0 Å². The number of pyridine rings is 1. The van der Waals surface area contributed by atoms with Crippen molar-refractivity contribution in [1.29, 1.82) is 0 Å². The van der Waals surface area contributed by atoms with Gasteiger partial charge in [-0.25, -0.2) is 0 Å². The Hall–Kier alpha value is -3.02. The molecule has 0 unspecified atom stereocenters. The SMILES string of the molecule is Cc1ccc(CN2C[C@H](c3noc(-c4ccncc4)n3)CC2=O)cc1. The number of carbonyl (C=O) groups excluding carboxylic acids is 1. The molecule has 6 heteroatoms. The first-order valence-corrected chi connectivity index (χ1v) is 8.26. The second-order valence-corrected chi connectivity index (χ2v) is 6.35. The molecular weight excluding hydrogens is 316 g/mol. The molecule has 0 aliphatic carbocycles. The van der Waals surface area contributed by atoms with Crippen LogP contribution < -0.4 is 0 Å². The molecule has 0 saturated carbocycles. The number of aromatic nitrogens is 3. The van der Waals surface area contributed by atoms with E-state index in [1.807, 2.05) is 17.0 Å². The Bertz CT molecular complexity index is 874. The lowest BCUT2D eigenvalue weighted by Crippen LogP contribution is -2.24. The first-order chi connectivity index (χ1) is 12.2. The molecule has 3 heterocycles. The first kappa shape index (κ1) is 15.5. The van der Waals surface area contributed by atoms with E-state index in [9.17, 15) is 4.79 Å². The number of benzene rings is 1. The Morgan fingerprint density at radius 3 is 2.68 bits per heavy atom. The summed E-state index contributed by atoms with van der Waals surface area (Å²) in [5.41, 5.74) is 3.17. The minimum atomic E-state index is -0.0303. The summed E-state index contributed by atoms with van der Waals surface area (Å²) >= 11 is 0. The van der Waals surface area contributed by atoms with Gasteiger partial charge in [-0.1, -0.05) is 35.0 Å². The van der Waals surface area contributed by atoms with Crippen LogP contribution in [0.2, 0.25) is 0 Å². The number of hydrogen-bond acceptors (Lipinski definition) is 5. The van der Waals surface area contributed by atoms with E-state index >= 15 is 0 Å². The third-order valence-electron chi connectivity index (χ3n) is 4.44. The van der Waals surface area contributed by atoms with Crippen molar-refractivity contribution >= 4 is 5.91 Å². The monoisotopic (exact) mass is 334 g/mol. The van der Waals surface area contributed by atoms with E-state index in [2.05, 4.69) is 46.3 Å². The fourth-order valence-electron chi connectivity index (χ4n) is 3.02. The average Bonchev–Trinajstić information content (AvgIpc) is 3.25. The largest absolute Gasteiger partial charge is 0.338 e. The normalized spacial score (nSPS) is 17.2. The van der Waals surface area contributed by atoms with Crippen molar-refractivity contribution in [2.24, 2.45) is 0 Å². The summed E-state index contributed by atoms with van der Waals surface area (Å²) in [5, 5.41) is 4.08. The molecule has 1 fully saturated rings. The summed E-state index contributed by atoms with van der Waals surface area (Å²) in [5.74, 6) is 1.14. The lowest BCUT2D eigenvalue weighted by Gasteiger charge is -2.16. The molecule has 126 valence electrons. The summed E-state index contributed by atoms with van der Waals surface area (Å²) in [4.78, 5) is 22.6. The molecule has 0 N–H and O–H groups in total. The molecule has 1 atom stereocenters. The lowest BCUT2D eigenvalue weighted by molar-refractivity contribution is -0.128. The number of carbonyl (C=O) groups is 1. The summed E-state index contributed by atoms with van der Waals surface area (Å²) < 4.78 is 5.35. The van der Waals surface area contributed by atoms with Crippen molar-refractivity contribution in [1.82, 2.24) is 20.0 Å². The molecule has 3 aromatic rings. The second-order valence-electron chi connectivity index (χ2n) is 6.35. The van der Waals surface area contributed by atoms with Crippen LogP contribution in [0.1, 0.15) is 29.3 Å². The molecule has 0 bridgehead atoms. The number of rotatable bonds is 4. The summed E-state index contributed by atoms with van der Waals surface area (Å²) in [7, 11) is 0. The Kier molecular flexibility index (Phi) is 4.01. The fraction of sp³-hybridized carbons (Fsp3) is 0.263. The molecule has 6 nitrogen and oxygen atoms in total. The van der Waals surface area contributed by atoms with Gasteiger partial charge < -0.3 is 9.42 Å². The van der Waals surface area contributed by atoms with Gasteiger partial charge >= 0.3 is 0 Å². The van der Waals surface area contributed by atoms with Crippen LogP contribution in [-0.4, -0.2) is 32.5 Å². The predicted molar refractivity (Wildman–Crippen MR) is 91.5 cm³/mol. The maximum absolute atomic E-state index is 12.3. The van der Waals surface area contributed by atoms with Gasteiger partial charge in [-0.3, -0.25) is 9.78 Å². The van der Waals surface area contributed by atoms with Crippen LogP contribution in [0.25, 0.3) is 11.5 Å². The minimum absolute atomic E-state index is 0.0303. The van der Waals surface area contributed by atoms with E-state index in [0.29, 0.717) is 31.2 Å². The molecule has 0 radical (unpaired) electrons. The molecule has 25 heavy (non-hydrogen) atoms. The van der Waals surface area contributed by atoms with Gasteiger partial charge in [0.25, 0.3) is 5.89 Å². The van der Waals surface area contributed by atoms with Gasteiger partial charge in [0.2, 0.25) is 5.91 Å². The second kappa shape index (κ2) is 6.47. The smallest absolute Gasteiger partial charge is 0.258 e. The highest BCUT2D eigenvalue weighted by Crippen LogP contribution is 2.29. The first-order valence-electron chi connectivity index (χ1n) is 8.26. The van der Waals surface area contributed by atoms with Crippen LogP contribution >= 0.6 is 0 Å². The predicted octanol–water partition coefficient (Wildman–Crippen LogP) is 2.96. The van der Waals surface area contributed by atoms with Crippen molar-refractivity contribution in [3.63, 3.8) is 0 Å². The topological polar surface area (TPSA) is 72.1 Å². The van der Waals surface area contributed by atoms with Crippen molar-refractivity contribution < 1.29 is 9.32 Å². The molecule has 4 rings (SSSR count). The van der Waals surface area contributed by atoms with Crippen LogP contribution in [-0.2, 0) is 11.3 Å². The number of likely N-dealkylation sites (tertiary alicyclic amines) is 1. The van der Waals surface area contributed by atoms with Gasteiger partial charge in [-0.05, 0) is 24.6 Å². The third-order valence-corrected chi connectivity index (χ3v) is 4.44. The third kappa shape index (κ3) is 3.28. The minimum Gasteiger partial charge on any atom is -0.338 e. The Labute approximate surface area is 145 Å². The highest BCUT2D eigenvalue weighted by atomic mass is 16.5. The van der Waals surface area contributed by atoms with Crippen molar-refractivity contribution in [3.8, 4) is 11.5 Å². The number of nitrogens with zero attached hydrogens (tertiary/aromatic N) is 4. The molecule has 0 spiro atoms. The quantitative estimate of drug-likeness (QED) is 0.733. The van der Waals surface area contributed by atoms with Gasteiger partial charge in [0, 0.05) is 43.4 Å². The molecule has 1 amide bonds. The highest BCUT2D eigenvalue weighted by Gasteiger charge is 2.33. The van der Waals surface area contributed by atoms with E-state index in [-0.39, 0.29) is 11.8 Å². The molecule has 1 saturated heterocycles. The molecule has 1 aromatic carbocycles. The molecule has 1 aliphatic rings. The highest BCUT2D eigenvalue weighted by molar-refractivity contribution is 5.79. The van der Waals surface area contributed by atoms with E-state index in [0.717, 1.165) is 11.1 Å². The zero-order valence-electron chi connectivity index (χ0n) is 13.9. The standard InChI is InChI=1S/C19H18N4O2/c1-13-2-4-14(5-3-13)11-23-12-16(10-17(23)24)18-21-19(25-22-18)15-6-8-20-9-7-15/h2-9,16H,10-12H2,1H3/t16-/m1/s1. The zero-order valence-corrected chi connectivity index (χ0v) is 13.9. The van der Waals surface area contributed by atoms with Crippen molar-refractivity contribution in [3.05, 3.63) is 65.7 Å². The van der Waals surface area contributed by atoms with Crippen LogP contribution in [0.15, 0.2) is 53.3 Å². The maximum atomic E-state index is 12.3. The van der Waals surface area contributed by atoms with Gasteiger partial charge in [-0.15, -0.1) is 0 Å².